The Balaban J connectivity index is 1.03. The van der Waals surface area contributed by atoms with Crippen LogP contribution in [-0.4, -0.2) is 4.57 Å². The van der Waals surface area contributed by atoms with Gasteiger partial charge in [0.1, 0.15) is 0 Å². The van der Waals surface area contributed by atoms with Gasteiger partial charge in [-0.3, -0.25) is 0 Å². The van der Waals surface area contributed by atoms with Crippen LogP contribution in [0.2, 0.25) is 0 Å². The van der Waals surface area contributed by atoms with Crippen molar-refractivity contribution in [2.45, 2.75) is 10.8 Å². The Bertz CT molecular complexity index is 3850. The number of aromatic nitrogens is 1. The van der Waals surface area contributed by atoms with Crippen molar-refractivity contribution in [3.8, 4) is 27.9 Å². The lowest BCUT2D eigenvalue weighted by molar-refractivity contribution is 0.768. The minimum Gasteiger partial charge on any atom is -0.310 e. The normalized spacial score (nSPS) is 13.7. The van der Waals surface area contributed by atoms with E-state index in [4.69, 9.17) is 0 Å². The van der Waals surface area contributed by atoms with E-state index in [9.17, 15) is 0 Å². The second kappa shape index (κ2) is 15.8. The molecule has 328 valence electrons. The summed E-state index contributed by atoms with van der Waals surface area (Å²) < 4.78 is 2.44. The lowest BCUT2D eigenvalue weighted by atomic mass is 9.67. The van der Waals surface area contributed by atoms with Crippen molar-refractivity contribution in [2.75, 3.05) is 4.90 Å². The van der Waals surface area contributed by atoms with Crippen LogP contribution in [0.1, 0.15) is 44.5 Å². The molecule has 0 saturated carbocycles. The zero-order chi connectivity index (χ0) is 46.2. The number of fused-ring (bicyclic) bond motifs is 9. The number of para-hydroxylation sites is 2. The molecule has 70 heavy (non-hydrogen) atoms. The molecule has 0 fully saturated rings. The Morgan fingerprint density at radius 2 is 0.643 bits per heavy atom. The predicted octanol–water partition coefficient (Wildman–Crippen LogP) is 17.0. The fourth-order valence-corrected chi connectivity index (χ4v) is 12.5. The van der Waals surface area contributed by atoms with E-state index in [-0.39, 0.29) is 0 Å². The highest BCUT2D eigenvalue weighted by molar-refractivity contribution is 6.11. The third kappa shape index (κ3) is 5.68. The molecule has 2 aliphatic carbocycles. The minimum absolute atomic E-state index is 0.524. The second-order valence-corrected chi connectivity index (χ2v) is 18.7. The van der Waals surface area contributed by atoms with Crippen LogP contribution in [0, 0.1) is 0 Å². The number of nitrogens with zero attached hydrogens (tertiary/aromatic N) is 2. The monoisotopic (exact) mass is 890 g/mol. The highest BCUT2D eigenvalue weighted by atomic mass is 15.1. The van der Waals surface area contributed by atoms with E-state index in [1.54, 1.807) is 0 Å². The largest absolute Gasteiger partial charge is 0.310 e. The van der Waals surface area contributed by atoms with Crippen LogP contribution in [0.5, 0.6) is 0 Å². The van der Waals surface area contributed by atoms with Gasteiger partial charge in [0.05, 0.1) is 21.9 Å². The van der Waals surface area contributed by atoms with Gasteiger partial charge in [0.2, 0.25) is 0 Å². The maximum absolute atomic E-state index is 2.50. The van der Waals surface area contributed by atoms with Gasteiger partial charge in [-0.15, -0.1) is 0 Å². The topological polar surface area (TPSA) is 8.17 Å². The summed E-state index contributed by atoms with van der Waals surface area (Å²) >= 11 is 0. The van der Waals surface area contributed by atoms with Crippen LogP contribution < -0.4 is 4.90 Å². The van der Waals surface area contributed by atoms with Crippen LogP contribution in [0.25, 0.3) is 49.7 Å². The molecule has 2 nitrogen and oxygen atoms in total. The molecule has 0 atom stereocenters. The fourth-order valence-electron chi connectivity index (χ4n) is 12.5. The SMILES string of the molecule is c1ccc(N(c2ccc3c(c2)C(c2ccccc2)(c2ccccc2)c2ccccc2-3)c2ccc3c(c2)c2cc(C4(c5ccccc5)c5ccccc5-c5ccccc54)ccc2n3-c2ccccc2)cc1. The van der Waals surface area contributed by atoms with E-state index in [2.05, 4.69) is 289 Å². The number of hydrogen-bond donors (Lipinski definition) is 0. The van der Waals surface area contributed by atoms with Gasteiger partial charge in [0.25, 0.3) is 0 Å². The molecule has 0 amide bonds. The van der Waals surface area contributed by atoms with Crippen molar-refractivity contribution in [2.24, 2.45) is 0 Å². The number of hydrogen-bond acceptors (Lipinski definition) is 1. The minimum atomic E-state index is -0.525. The summed E-state index contributed by atoms with van der Waals surface area (Å²) in [5.41, 5.74) is 21.0. The first-order chi connectivity index (χ1) is 34.7. The van der Waals surface area contributed by atoms with Crippen molar-refractivity contribution in [1.82, 2.24) is 4.57 Å². The molecule has 11 aromatic carbocycles. The Morgan fingerprint density at radius 3 is 1.17 bits per heavy atom. The quantitative estimate of drug-likeness (QED) is 0.148. The summed E-state index contributed by atoms with van der Waals surface area (Å²) in [4.78, 5) is 2.45. The molecule has 1 heterocycles. The van der Waals surface area contributed by atoms with Gasteiger partial charge >= 0.3 is 0 Å². The van der Waals surface area contributed by atoms with Gasteiger partial charge in [0.15, 0.2) is 0 Å². The van der Waals surface area contributed by atoms with Crippen LogP contribution in [0.15, 0.2) is 279 Å². The second-order valence-electron chi connectivity index (χ2n) is 18.7. The van der Waals surface area contributed by atoms with E-state index in [0.29, 0.717) is 0 Å². The highest BCUT2D eigenvalue weighted by Gasteiger charge is 2.47. The molecular weight excluding hydrogens is 845 g/mol. The first-order valence-electron chi connectivity index (χ1n) is 24.3. The first-order valence-corrected chi connectivity index (χ1v) is 24.3. The Kier molecular flexibility index (Phi) is 9.06. The van der Waals surface area contributed by atoms with Gasteiger partial charge in [-0.2, -0.15) is 0 Å². The standard InChI is InChI=1S/C68H46N2/c1-6-22-47(23-7-1)67(48-24-8-2-9-25-48)61-35-19-18-34-57(61)58-41-39-54(46-64(58)67)69(51-28-12-4-13-29-51)53-40-43-66-60(45-53)59-44-50(38-42-65(59)70(66)52-30-14-5-15-31-52)68(49-26-10-3-11-27-49)62-36-20-16-32-55(62)56-33-17-21-37-63(56)68/h1-46H. The summed E-state index contributed by atoms with van der Waals surface area (Å²) in [6.07, 6.45) is 0. The van der Waals surface area contributed by atoms with Gasteiger partial charge < -0.3 is 9.47 Å². The van der Waals surface area contributed by atoms with Crippen LogP contribution >= 0.6 is 0 Å². The predicted molar refractivity (Wildman–Crippen MR) is 290 cm³/mol. The summed E-state index contributed by atoms with van der Waals surface area (Å²) in [6, 6.07) is 104. The maximum Gasteiger partial charge on any atom is 0.0714 e. The van der Waals surface area contributed by atoms with Gasteiger partial charge in [-0.25, -0.2) is 0 Å². The number of rotatable bonds is 8. The summed E-state index contributed by atoms with van der Waals surface area (Å²) in [6.45, 7) is 0. The summed E-state index contributed by atoms with van der Waals surface area (Å²) in [7, 11) is 0. The molecule has 0 unspecified atom stereocenters. The molecule has 12 aromatic rings. The molecule has 1 aromatic heterocycles. The smallest absolute Gasteiger partial charge is 0.0714 e. The van der Waals surface area contributed by atoms with Crippen molar-refractivity contribution in [1.29, 1.82) is 0 Å². The molecule has 2 aliphatic rings. The van der Waals surface area contributed by atoms with Crippen LogP contribution in [0.4, 0.5) is 17.1 Å². The number of benzene rings is 11. The average Bonchev–Trinajstić information content (AvgIpc) is 4.04. The lowest BCUT2D eigenvalue weighted by Crippen LogP contribution is -2.28. The van der Waals surface area contributed by atoms with Gasteiger partial charge in [-0.05, 0) is 133 Å². The zero-order valence-electron chi connectivity index (χ0n) is 38.5. The Hall–Kier alpha value is -8.98. The van der Waals surface area contributed by atoms with Crippen molar-refractivity contribution >= 4 is 38.9 Å². The molecule has 0 bridgehead atoms. The van der Waals surface area contributed by atoms with E-state index in [0.717, 1.165) is 28.3 Å². The van der Waals surface area contributed by atoms with Crippen LogP contribution in [0.3, 0.4) is 0 Å². The third-order valence-corrected chi connectivity index (χ3v) is 15.3. The fraction of sp³-hybridized carbons (Fsp3) is 0.0294. The lowest BCUT2D eigenvalue weighted by Gasteiger charge is -2.35. The summed E-state index contributed by atoms with van der Waals surface area (Å²) in [5.74, 6) is 0. The van der Waals surface area contributed by atoms with Gasteiger partial charge in [-0.1, -0.05) is 212 Å². The van der Waals surface area contributed by atoms with Crippen molar-refractivity contribution < 1.29 is 0 Å². The number of anilines is 3. The molecule has 0 aliphatic heterocycles. The first kappa shape index (κ1) is 40.1. The molecule has 0 radical (unpaired) electrons. The van der Waals surface area contributed by atoms with E-state index < -0.39 is 10.8 Å². The van der Waals surface area contributed by atoms with E-state index in [1.165, 1.54) is 83.1 Å². The molecule has 0 spiro atoms. The Morgan fingerprint density at radius 1 is 0.257 bits per heavy atom. The molecule has 0 saturated heterocycles. The maximum atomic E-state index is 2.50. The zero-order valence-corrected chi connectivity index (χ0v) is 38.5. The van der Waals surface area contributed by atoms with Crippen LogP contribution in [-0.2, 0) is 10.8 Å². The molecule has 2 heteroatoms. The van der Waals surface area contributed by atoms with Gasteiger partial charge in [0, 0.05) is 33.5 Å². The molecular formula is C68H46N2. The summed E-state index contributed by atoms with van der Waals surface area (Å²) in [5, 5.41) is 2.40. The Labute approximate surface area is 408 Å². The third-order valence-electron chi connectivity index (χ3n) is 15.3. The van der Waals surface area contributed by atoms with E-state index in [1.807, 2.05) is 0 Å². The molecule has 14 rings (SSSR count). The highest BCUT2D eigenvalue weighted by Crippen LogP contribution is 2.59. The van der Waals surface area contributed by atoms with Crippen molar-refractivity contribution in [3.63, 3.8) is 0 Å². The molecule has 0 N–H and O–H groups in total. The average molecular weight is 891 g/mol. The van der Waals surface area contributed by atoms with E-state index >= 15 is 0 Å². The van der Waals surface area contributed by atoms with Crippen molar-refractivity contribution in [3.05, 3.63) is 324 Å².